The molecule has 0 aliphatic carbocycles. The molecular formula is C13H18N4O2S2. The molecule has 2 aromatic rings. The lowest BCUT2D eigenvalue weighted by Crippen LogP contribution is -2.47. The second-order valence-electron chi connectivity index (χ2n) is 5.21. The first-order valence-corrected chi connectivity index (χ1v) is 9.19. The lowest BCUT2D eigenvalue weighted by molar-refractivity contribution is 0.249. The molecule has 6 nitrogen and oxygen atoms in total. The van der Waals surface area contributed by atoms with E-state index in [1.165, 1.54) is 0 Å². The van der Waals surface area contributed by atoms with Gasteiger partial charge < -0.3 is 5.32 Å². The van der Waals surface area contributed by atoms with E-state index in [0.717, 1.165) is 31.0 Å². The number of aromatic nitrogens is 2. The average molecular weight is 326 g/mol. The molecule has 21 heavy (non-hydrogen) atoms. The Morgan fingerprint density at radius 3 is 3.05 bits per heavy atom. The third-order valence-electron chi connectivity index (χ3n) is 3.85. The van der Waals surface area contributed by atoms with Gasteiger partial charge in [-0.05, 0) is 32.0 Å². The molecule has 0 spiro atoms. The van der Waals surface area contributed by atoms with Crippen LogP contribution in [-0.2, 0) is 10.0 Å². The molecular weight excluding hydrogens is 308 g/mol. The average Bonchev–Trinajstić information content (AvgIpc) is 2.96. The minimum absolute atomic E-state index is 0.00982. The van der Waals surface area contributed by atoms with Gasteiger partial charge >= 0.3 is 0 Å². The molecule has 0 radical (unpaired) electrons. The highest BCUT2D eigenvalue weighted by molar-refractivity contribution is 7.89. The SMILES string of the molecule is CNCC1CCCCN1S(=O)(=O)c1cccc2nsnc12. The molecule has 0 saturated carbocycles. The summed E-state index contributed by atoms with van der Waals surface area (Å²) in [7, 11) is -1.68. The molecule has 1 unspecified atom stereocenters. The van der Waals surface area contributed by atoms with Crippen LogP contribution in [0.4, 0.5) is 0 Å². The molecule has 2 heterocycles. The molecule has 1 aromatic heterocycles. The fraction of sp³-hybridized carbons (Fsp3) is 0.538. The maximum atomic E-state index is 13.0. The smallest absolute Gasteiger partial charge is 0.245 e. The Kier molecular flexibility index (Phi) is 4.21. The van der Waals surface area contributed by atoms with Crippen LogP contribution in [0.5, 0.6) is 0 Å². The molecule has 114 valence electrons. The van der Waals surface area contributed by atoms with Gasteiger partial charge in [-0.1, -0.05) is 12.5 Å². The summed E-state index contributed by atoms with van der Waals surface area (Å²) in [6.45, 7) is 1.24. The van der Waals surface area contributed by atoms with E-state index in [1.54, 1.807) is 22.5 Å². The minimum atomic E-state index is -3.53. The molecule has 8 heteroatoms. The number of fused-ring (bicyclic) bond motifs is 1. The molecule has 1 aromatic carbocycles. The van der Waals surface area contributed by atoms with E-state index in [0.29, 0.717) is 24.1 Å². The van der Waals surface area contributed by atoms with Crippen LogP contribution < -0.4 is 5.32 Å². The van der Waals surface area contributed by atoms with Crippen LogP contribution >= 0.6 is 11.7 Å². The van der Waals surface area contributed by atoms with E-state index in [-0.39, 0.29) is 10.9 Å². The van der Waals surface area contributed by atoms with Gasteiger partial charge in [0.2, 0.25) is 10.0 Å². The normalized spacial score (nSPS) is 20.9. The lowest BCUT2D eigenvalue weighted by Gasteiger charge is -2.34. The van der Waals surface area contributed by atoms with Gasteiger partial charge in [0.05, 0.1) is 11.7 Å². The van der Waals surface area contributed by atoms with E-state index in [1.807, 2.05) is 7.05 Å². The summed E-state index contributed by atoms with van der Waals surface area (Å²) in [4.78, 5) is 0.275. The van der Waals surface area contributed by atoms with Crippen molar-refractivity contribution in [2.75, 3.05) is 20.1 Å². The third-order valence-corrected chi connectivity index (χ3v) is 6.37. The Bertz CT molecular complexity index is 727. The van der Waals surface area contributed by atoms with Crippen LogP contribution in [0.3, 0.4) is 0 Å². The first kappa shape index (κ1) is 14.8. The second-order valence-corrected chi connectivity index (χ2v) is 7.60. The summed E-state index contributed by atoms with van der Waals surface area (Å²) in [5.41, 5.74) is 1.12. The number of hydrogen-bond donors (Lipinski definition) is 1. The fourth-order valence-electron chi connectivity index (χ4n) is 2.85. The zero-order valence-electron chi connectivity index (χ0n) is 11.8. The van der Waals surface area contributed by atoms with Crippen LogP contribution in [0.1, 0.15) is 19.3 Å². The van der Waals surface area contributed by atoms with Crippen molar-refractivity contribution in [3.05, 3.63) is 18.2 Å². The number of piperidine rings is 1. The Morgan fingerprint density at radius 1 is 1.38 bits per heavy atom. The van der Waals surface area contributed by atoms with E-state index in [2.05, 4.69) is 14.1 Å². The van der Waals surface area contributed by atoms with Crippen molar-refractivity contribution >= 4 is 32.8 Å². The fourth-order valence-corrected chi connectivity index (χ4v) is 5.29. The first-order chi connectivity index (χ1) is 10.1. The van der Waals surface area contributed by atoms with Gasteiger partial charge in [-0.25, -0.2) is 8.42 Å². The maximum Gasteiger partial charge on any atom is 0.245 e. The molecule has 0 amide bonds. The van der Waals surface area contributed by atoms with Crippen LogP contribution in [0.25, 0.3) is 11.0 Å². The Hall–Kier alpha value is -1.09. The van der Waals surface area contributed by atoms with Crippen molar-refractivity contribution in [2.24, 2.45) is 0 Å². The van der Waals surface area contributed by atoms with E-state index >= 15 is 0 Å². The van der Waals surface area contributed by atoms with Crippen molar-refractivity contribution in [3.8, 4) is 0 Å². The van der Waals surface area contributed by atoms with Crippen molar-refractivity contribution < 1.29 is 8.42 Å². The van der Waals surface area contributed by atoms with Gasteiger partial charge in [0.15, 0.2) is 0 Å². The number of rotatable bonds is 4. The number of benzene rings is 1. The molecule has 1 fully saturated rings. The standard InChI is InChI=1S/C13H18N4O2S2/c1-14-9-10-5-2-3-8-17(10)21(18,19)12-7-4-6-11-13(12)16-20-15-11/h4,6-7,10,14H,2-3,5,8-9H2,1H3. The zero-order valence-corrected chi connectivity index (χ0v) is 13.5. The van der Waals surface area contributed by atoms with Crippen molar-refractivity contribution in [3.63, 3.8) is 0 Å². The minimum Gasteiger partial charge on any atom is -0.318 e. The predicted molar refractivity (Wildman–Crippen MR) is 82.9 cm³/mol. The second kappa shape index (κ2) is 5.96. The summed E-state index contributed by atoms with van der Waals surface area (Å²) >= 11 is 1.05. The summed E-state index contributed by atoms with van der Waals surface area (Å²) in [5.74, 6) is 0. The highest BCUT2D eigenvalue weighted by Gasteiger charge is 2.34. The number of sulfonamides is 1. The monoisotopic (exact) mass is 326 g/mol. The largest absolute Gasteiger partial charge is 0.318 e. The third kappa shape index (κ3) is 2.68. The number of hydrogen-bond acceptors (Lipinski definition) is 6. The van der Waals surface area contributed by atoms with Crippen LogP contribution in [0.15, 0.2) is 23.1 Å². The molecule has 1 N–H and O–H groups in total. The van der Waals surface area contributed by atoms with E-state index in [4.69, 9.17) is 0 Å². The summed E-state index contributed by atoms with van der Waals surface area (Å²) in [6.07, 6.45) is 2.87. The van der Waals surface area contributed by atoms with Gasteiger partial charge in [0.1, 0.15) is 15.9 Å². The van der Waals surface area contributed by atoms with Crippen molar-refractivity contribution in [2.45, 2.75) is 30.2 Å². The first-order valence-electron chi connectivity index (χ1n) is 7.02. The predicted octanol–water partition coefficient (Wildman–Crippen LogP) is 1.45. The number of nitrogens with zero attached hydrogens (tertiary/aromatic N) is 3. The molecule has 1 atom stereocenters. The van der Waals surface area contributed by atoms with Crippen LogP contribution in [0, 0.1) is 0 Å². The number of nitrogens with one attached hydrogen (secondary N) is 1. The highest BCUT2D eigenvalue weighted by atomic mass is 32.2. The van der Waals surface area contributed by atoms with E-state index < -0.39 is 10.0 Å². The molecule has 1 aliphatic rings. The van der Waals surface area contributed by atoms with Crippen LogP contribution in [-0.4, -0.2) is 47.6 Å². The highest BCUT2D eigenvalue weighted by Crippen LogP contribution is 2.29. The van der Waals surface area contributed by atoms with Gasteiger partial charge in [-0.3, -0.25) is 0 Å². The molecule has 0 bridgehead atoms. The summed E-state index contributed by atoms with van der Waals surface area (Å²) < 4.78 is 36.0. The summed E-state index contributed by atoms with van der Waals surface area (Å²) in [6, 6.07) is 5.16. The van der Waals surface area contributed by atoms with Crippen molar-refractivity contribution in [1.29, 1.82) is 0 Å². The van der Waals surface area contributed by atoms with Gasteiger partial charge in [-0.2, -0.15) is 13.1 Å². The quantitative estimate of drug-likeness (QED) is 0.920. The lowest BCUT2D eigenvalue weighted by atomic mass is 10.1. The summed E-state index contributed by atoms with van der Waals surface area (Å²) in [5, 5.41) is 3.09. The van der Waals surface area contributed by atoms with Gasteiger partial charge in [-0.15, -0.1) is 0 Å². The Balaban J connectivity index is 2.04. The number of likely N-dealkylation sites (N-methyl/N-ethyl adjacent to an activating group) is 1. The molecule has 3 rings (SSSR count). The maximum absolute atomic E-state index is 13.0. The molecule has 1 saturated heterocycles. The van der Waals surface area contributed by atoms with Gasteiger partial charge in [0.25, 0.3) is 0 Å². The van der Waals surface area contributed by atoms with Gasteiger partial charge in [0, 0.05) is 19.1 Å². The zero-order chi connectivity index (χ0) is 14.9. The van der Waals surface area contributed by atoms with Crippen LogP contribution in [0.2, 0.25) is 0 Å². The Morgan fingerprint density at radius 2 is 2.24 bits per heavy atom. The topological polar surface area (TPSA) is 75.2 Å². The van der Waals surface area contributed by atoms with E-state index in [9.17, 15) is 8.42 Å². The van der Waals surface area contributed by atoms with Crippen molar-refractivity contribution in [1.82, 2.24) is 18.4 Å². The Labute approximate surface area is 128 Å². The molecule has 1 aliphatic heterocycles.